The third kappa shape index (κ3) is 3.73. The SMILES string of the molecule is CN1CCC(NS(=O)(=O)c2ccc(C(N)=S)s2)CC1. The molecule has 0 bridgehead atoms. The van der Waals surface area contributed by atoms with Crippen molar-refractivity contribution in [1.29, 1.82) is 0 Å². The summed E-state index contributed by atoms with van der Waals surface area (Å²) in [4.78, 5) is 3.05. The molecule has 19 heavy (non-hydrogen) atoms. The molecule has 1 aliphatic heterocycles. The maximum atomic E-state index is 12.2. The van der Waals surface area contributed by atoms with Crippen molar-refractivity contribution in [3.8, 4) is 0 Å². The molecule has 106 valence electrons. The molecule has 0 saturated carbocycles. The Morgan fingerprint density at radius 2 is 2.11 bits per heavy atom. The molecule has 0 spiro atoms. The second kappa shape index (κ2) is 5.84. The number of sulfonamides is 1. The number of nitrogens with one attached hydrogen (secondary N) is 1. The van der Waals surface area contributed by atoms with E-state index in [4.69, 9.17) is 18.0 Å². The quantitative estimate of drug-likeness (QED) is 0.801. The molecule has 0 unspecified atom stereocenters. The molecule has 2 rings (SSSR count). The number of hydrogen-bond donors (Lipinski definition) is 2. The first-order chi connectivity index (χ1) is 8.88. The minimum atomic E-state index is -3.46. The van der Waals surface area contributed by atoms with Gasteiger partial charge in [-0.05, 0) is 45.1 Å². The summed E-state index contributed by atoms with van der Waals surface area (Å²) in [6, 6.07) is 3.21. The summed E-state index contributed by atoms with van der Waals surface area (Å²) in [5.41, 5.74) is 5.49. The molecule has 1 fully saturated rings. The second-order valence-electron chi connectivity index (χ2n) is 4.68. The van der Waals surface area contributed by atoms with Crippen LogP contribution in [0.2, 0.25) is 0 Å². The Labute approximate surface area is 122 Å². The lowest BCUT2D eigenvalue weighted by atomic mass is 10.1. The van der Waals surface area contributed by atoms with Crippen LogP contribution in [-0.2, 0) is 10.0 Å². The highest BCUT2D eigenvalue weighted by Gasteiger charge is 2.24. The van der Waals surface area contributed by atoms with E-state index in [-0.39, 0.29) is 15.2 Å². The van der Waals surface area contributed by atoms with Gasteiger partial charge in [-0.1, -0.05) is 12.2 Å². The van der Waals surface area contributed by atoms with Gasteiger partial charge in [0.2, 0.25) is 10.0 Å². The van der Waals surface area contributed by atoms with Crippen LogP contribution < -0.4 is 10.5 Å². The molecule has 1 aliphatic rings. The Balaban J connectivity index is 2.07. The first kappa shape index (κ1) is 14.9. The van der Waals surface area contributed by atoms with Gasteiger partial charge in [-0.15, -0.1) is 11.3 Å². The lowest BCUT2D eigenvalue weighted by Crippen LogP contribution is -2.43. The second-order valence-corrected chi connectivity index (χ2v) is 8.15. The minimum Gasteiger partial charge on any atom is -0.389 e. The first-order valence-electron chi connectivity index (χ1n) is 5.99. The number of rotatable bonds is 4. The fraction of sp³-hybridized carbons (Fsp3) is 0.545. The highest BCUT2D eigenvalue weighted by atomic mass is 32.2. The highest BCUT2D eigenvalue weighted by Crippen LogP contribution is 2.22. The predicted octanol–water partition coefficient (Wildman–Crippen LogP) is 0.755. The van der Waals surface area contributed by atoms with Crippen molar-refractivity contribution < 1.29 is 8.42 Å². The molecule has 1 saturated heterocycles. The maximum Gasteiger partial charge on any atom is 0.250 e. The van der Waals surface area contributed by atoms with Gasteiger partial charge in [0.25, 0.3) is 0 Å². The number of thiophene rings is 1. The lowest BCUT2D eigenvalue weighted by molar-refractivity contribution is 0.248. The molecule has 0 aromatic carbocycles. The summed E-state index contributed by atoms with van der Waals surface area (Å²) in [6.45, 7) is 1.82. The Morgan fingerprint density at radius 3 is 2.63 bits per heavy atom. The van der Waals surface area contributed by atoms with E-state index < -0.39 is 10.0 Å². The zero-order valence-electron chi connectivity index (χ0n) is 10.6. The van der Waals surface area contributed by atoms with Crippen molar-refractivity contribution in [3.05, 3.63) is 17.0 Å². The molecule has 2 heterocycles. The number of likely N-dealkylation sites (tertiary alicyclic amines) is 1. The number of thiocarbonyl (C=S) groups is 1. The Hall–Kier alpha value is -0.540. The Bertz CT molecular complexity index is 559. The maximum absolute atomic E-state index is 12.2. The summed E-state index contributed by atoms with van der Waals surface area (Å²) >= 11 is 5.95. The van der Waals surface area contributed by atoms with Gasteiger partial charge in [0.1, 0.15) is 9.20 Å². The average molecular weight is 319 g/mol. The summed E-state index contributed by atoms with van der Waals surface area (Å²) < 4.78 is 27.5. The van der Waals surface area contributed by atoms with Crippen LogP contribution in [0.25, 0.3) is 0 Å². The predicted molar refractivity (Wildman–Crippen MR) is 81.0 cm³/mol. The van der Waals surface area contributed by atoms with Gasteiger partial charge >= 0.3 is 0 Å². The summed E-state index contributed by atoms with van der Waals surface area (Å²) in [6.07, 6.45) is 1.67. The van der Waals surface area contributed by atoms with Gasteiger partial charge in [0.05, 0.1) is 4.88 Å². The van der Waals surface area contributed by atoms with Crippen LogP contribution in [0.1, 0.15) is 17.7 Å². The Morgan fingerprint density at radius 1 is 1.47 bits per heavy atom. The van der Waals surface area contributed by atoms with E-state index in [0.29, 0.717) is 4.88 Å². The van der Waals surface area contributed by atoms with Gasteiger partial charge in [-0.3, -0.25) is 0 Å². The molecule has 8 heteroatoms. The van der Waals surface area contributed by atoms with E-state index >= 15 is 0 Å². The normalized spacial score (nSPS) is 18.6. The Kier molecular flexibility index (Phi) is 4.57. The van der Waals surface area contributed by atoms with Crippen LogP contribution >= 0.6 is 23.6 Å². The van der Waals surface area contributed by atoms with Crippen LogP contribution in [-0.4, -0.2) is 44.5 Å². The van der Waals surface area contributed by atoms with Gasteiger partial charge in [-0.25, -0.2) is 13.1 Å². The molecule has 3 N–H and O–H groups in total. The number of hydrogen-bond acceptors (Lipinski definition) is 5. The van der Waals surface area contributed by atoms with Gasteiger partial charge in [0.15, 0.2) is 0 Å². The molecule has 0 amide bonds. The molecule has 1 aromatic rings. The van der Waals surface area contributed by atoms with Crippen LogP contribution in [0.4, 0.5) is 0 Å². The van der Waals surface area contributed by atoms with E-state index in [0.717, 1.165) is 37.3 Å². The standard InChI is InChI=1S/C11H17N3O2S3/c1-14-6-4-8(5-7-14)13-19(15,16)10-3-2-9(18-10)11(12)17/h2-3,8,13H,4-7H2,1H3,(H2,12,17). The number of nitrogens with two attached hydrogens (primary N) is 1. The minimum absolute atomic E-state index is 0.0107. The van der Waals surface area contributed by atoms with E-state index in [1.165, 1.54) is 0 Å². The summed E-state index contributed by atoms with van der Waals surface area (Å²) in [7, 11) is -1.42. The monoisotopic (exact) mass is 319 g/mol. The zero-order valence-corrected chi connectivity index (χ0v) is 13.1. The van der Waals surface area contributed by atoms with Crippen LogP contribution in [0.3, 0.4) is 0 Å². The van der Waals surface area contributed by atoms with Crippen molar-refractivity contribution in [1.82, 2.24) is 9.62 Å². The van der Waals surface area contributed by atoms with Crippen molar-refractivity contribution >= 4 is 38.6 Å². The van der Waals surface area contributed by atoms with E-state index in [2.05, 4.69) is 9.62 Å². The number of piperidine rings is 1. The lowest BCUT2D eigenvalue weighted by Gasteiger charge is -2.29. The molecular formula is C11H17N3O2S3. The average Bonchev–Trinajstić information content (AvgIpc) is 2.82. The van der Waals surface area contributed by atoms with E-state index in [9.17, 15) is 8.42 Å². The van der Waals surface area contributed by atoms with E-state index in [1.807, 2.05) is 7.05 Å². The van der Waals surface area contributed by atoms with Gasteiger partial charge in [-0.2, -0.15) is 0 Å². The first-order valence-corrected chi connectivity index (χ1v) is 8.70. The highest BCUT2D eigenvalue weighted by molar-refractivity contribution is 7.91. The van der Waals surface area contributed by atoms with Crippen molar-refractivity contribution in [2.45, 2.75) is 23.1 Å². The largest absolute Gasteiger partial charge is 0.389 e. The van der Waals surface area contributed by atoms with Crippen molar-refractivity contribution in [2.75, 3.05) is 20.1 Å². The molecule has 0 aliphatic carbocycles. The van der Waals surface area contributed by atoms with Gasteiger partial charge < -0.3 is 10.6 Å². The van der Waals surface area contributed by atoms with Crippen LogP contribution in [0.5, 0.6) is 0 Å². The fourth-order valence-electron chi connectivity index (χ4n) is 2.00. The smallest absolute Gasteiger partial charge is 0.250 e. The summed E-state index contributed by atoms with van der Waals surface area (Å²) in [5, 5.41) is 0. The van der Waals surface area contributed by atoms with Crippen molar-refractivity contribution in [2.24, 2.45) is 5.73 Å². The fourth-order valence-corrected chi connectivity index (χ4v) is 4.67. The summed E-state index contributed by atoms with van der Waals surface area (Å²) in [5.74, 6) is 0. The molecule has 0 atom stereocenters. The van der Waals surface area contributed by atoms with Crippen LogP contribution in [0, 0.1) is 0 Å². The topological polar surface area (TPSA) is 75.4 Å². The third-order valence-corrected chi connectivity index (χ3v) is 6.61. The number of nitrogens with zero attached hydrogens (tertiary/aromatic N) is 1. The van der Waals surface area contributed by atoms with Crippen molar-refractivity contribution in [3.63, 3.8) is 0 Å². The molecule has 0 radical (unpaired) electrons. The molecule has 1 aromatic heterocycles. The van der Waals surface area contributed by atoms with Gasteiger partial charge in [0, 0.05) is 6.04 Å². The van der Waals surface area contributed by atoms with E-state index in [1.54, 1.807) is 12.1 Å². The third-order valence-electron chi connectivity index (χ3n) is 3.13. The zero-order chi connectivity index (χ0) is 14.0. The molecular weight excluding hydrogens is 302 g/mol. The molecule has 5 nitrogen and oxygen atoms in total. The van der Waals surface area contributed by atoms with Crippen LogP contribution in [0.15, 0.2) is 16.3 Å².